The summed E-state index contributed by atoms with van der Waals surface area (Å²) in [5.74, 6) is 0.355. The minimum atomic E-state index is -3.42. The standard InChI is InChI=1S/C13H21N3O3S/c1-19-9-8-16-20(17,18)15-7-6-11-10-14-13-5-3-2-4-12(11)13/h2-5,11,14-16H,6-10H2,1H3. The van der Waals surface area contributed by atoms with Crippen LogP contribution in [0.15, 0.2) is 24.3 Å². The number of anilines is 1. The van der Waals surface area contributed by atoms with Crippen LogP contribution in [0.4, 0.5) is 5.69 Å². The van der Waals surface area contributed by atoms with Gasteiger partial charge in [0.25, 0.3) is 10.2 Å². The Hall–Kier alpha value is -1.15. The maximum Gasteiger partial charge on any atom is 0.276 e. The second kappa shape index (κ2) is 7.03. The summed E-state index contributed by atoms with van der Waals surface area (Å²) in [5, 5.41) is 3.33. The van der Waals surface area contributed by atoms with Gasteiger partial charge >= 0.3 is 0 Å². The number of para-hydroxylation sites is 1. The maximum atomic E-state index is 11.6. The van der Waals surface area contributed by atoms with E-state index < -0.39 is 10.2 Å². The van der Waals surface area contributed by atoms with Gasteiger partial charge in [-0.2, -0.15) is 13.1 Å². The van der Waals surface area contributed by atoms with Crippen molar-refractivity contribution in [3.63, 3.8) is 0 Å². The predicted octanol–water partition coefficient (Wildman–Crippen LogP) is 0.656. The lowest BCUT2D eigenvalue weighted by Crippen LogP contribution is -2.39. The molecule has 0 spiro atoms. The van der Waals surface area contributed by atoms with Crippen molar-refractivity contribution < 1.29 is 13.2 Å². The Labute approximate surface area is 120 Å². The number of nitrogens with one attached hydrogen (secondary N) is 3. The summed E-state index contributed by atoms with van der Waals surface area (Å²) in [5.41, 5.74) is 2.41. The lowest BCUT2D eigenvalue weighted by Gasteiger charge is -2.11. The molecule has 0 radical (unpaired) electrons. The third kappa shape index (κ3) is 4.17. The lowest BCUT2D eigenvalue weighted by molar-refractivity contribution is 0.204. The van der Waals surface area contributed by atoms with Gasteiger partial charge in [0.1, 0.15) is 0 Å². The molecule has 0 saturated heterocycles. The van der Waals surface area contributed by atoms with Gasteiger partial charge in [-0.3, -0.25) is 0 Å². The van der Waals surface area contributed by atoms with E-state index in [4.69, 9.17) is 4.74 Å². The zero-order valence-electron chi connectivity index (χ0n) is 11.6. The third-order valence-electron chi connectivity index (χ3n) is 3.32. The summed E-state index contributed by atoms with van der Waals surface area (Å²) in [4.78, 5) is 0. The van der Waals surface area contributed by atoms with E-state index in [1.54, 1.807) is 0 Å². The fraction of sp³-hybridized carbons (Fsp3) is 0.538. The highest BCUT2D eigenvalue weighted by Crippen LogP contribution is 2.32. The van der Waals surface area contributed by atoms with E-state index in [2.05, 4.69) is 20.8 Å². The minimum absolute atomic E-state index is 0.277. The molecule has 1 aliphatic rings. The second-order valence-corrected chi connectivity index (χ2v) is 6.32. The molecule has 0 aliphatic carbocycles. The van der Waals surface area contributed by atoms with Crippen molar-refractivity contribution in [2.24, 2.45) is 0 Å². The molecule has 0 saturated carbocycles. The molecule has 1 heterocycles. The summed E-state index contributed by atoms with van der Waals surface area (Å²) in [6.45, 7) is 1.92. The van der Waals surface area contributed by atoms with Gasteiger partial charge in [0.05, 0.1) is 6.61 Å². The molecule has 1 aliphatic heterocycles. The average Bonchev–Trinajstić information content (AvgIpc) is 2.82. The van der Waals surface area contributed by atoms with E-state index in [0.717, 1.165) is 18.7 Å². The number of methoxy groups -OCH3 is 1. The van der Waals surface area contributed by atoms with Crippen LogP contribution in [0, 0.1) is 0 Å². The Balaban J connectivity index is 1.77. The summed E-state index contributed by atoms with van der Waals surface area (Å²) >= 11 is 0. The van der Waals surface area contributed by atoms with Gasteiger partial charge in [0, 0.05) is 38.3 Å². The normalized spacial score (nSPS) is 17.8. The van der Waals surface area contributed by atoms with Crippen molar-refractivity contribution >= 4 is 15.9 Å². The molecule has 1 unspecified atom stereocenters. The largest absolute Gasteiger partial charge is 0.384 e. The number of hydrogen-bond donors (Lipinski definition) is 3. The molecule has 7 heteroatoms. The summed E-state index contributed by atoms with van der Waals surface area (Å²) in [6.07, 6.45) is 0.773. The predicted molar refractivity (Wildman–Crippen MR) is 79.1 cm³/mol. The first-order valence-electron chi connectivity index (χ1n) is 6.68. The van der Waals surface area contributed by atoms with Crippen LogP contribution in [0.25, 0.3) is 0 Å². The second-order valence-electron chi connectivity index (χ2n) is 4.74. The van der Waals surface area contributed by atoms with Crippen molar-refractivity contribution in [2.75, 3.05) is 38.7 Å². The Morgan fingerprint density at radius 2 is 2.05 bits per heavy atom. The zero-order chi connectivity index (χ0) is 14.4. The smallest absolute Gasteiger partial charge is 0.276 e. The lowest BCUT2D eigenvalue weighted by atomic mass is 9.98. The van der Waals surface area contributed by atoms with Crippen LogP contribution < -0.4 is 14.8 Å². The number of hydrogen-bond acceptors (Lipinski definition) is 4. The molecule has 1 atom stereocenters. The van der Waals surface area contributed by atoms with E-state index in [-0.39, 0.29) is 6.54 Å². The topological polar surface area (TPSA) is 79.5 Å². The molecule has 0 bridgehead atoms. The number of ether oxygens (including phenoxy) is 1. The highest BCUT2D eigenvalue weighted by atomic mass is 32.2. The molecular formula is C13H21N3O3S. The van der Waals surface area contributed by atoms with Gasteiger partial charge in [-0.05, 0) is 18.1 Å². The van der Waals surface area contributed by atoms with E-state index in [9.17, 15) is 8.42 Å². The number of benzene rings is 1. The summed E-state index contributed by atoms with van der Waals surface area (Å²) in [6, 6.07) is 8.14. The van der Waals surface area contributed by atoms with Gasteiger partial charge in [-0.1, -0.05) is 18.2 Å². The van der Waals surface area contributed by atoms with Crippen molar-refractivity contribution in [1.29, 1.82) is 0 Å². The van der Waals surface area contributed by atoms with Crippen LogP contribution in [0.3, 0.4) is 0 Å². The monoisotopic (exact) mass is 299 g/mol. The van der Waals surface area contributed by atoms with Gasteiger partial charge < -0.3 is 10.1 Å². The van der Waals surface area contributed by atoms with Crippen LogP contribution >= 0.6 is 0 Å². The highest BCUT2D eigenvalue weighted by Gasteiger charge is 2.21. The molecule has 2 rings (SSSR count). The van der Waals surface area contributed by atoms with Crippen LogP contribution in [0.2, 0.25) is 0 Å². The molecule has 0 amide bonds. The molecule has 0 aromatic heterocycles. The molecular weight excluding hydrogens is 278 g/mol. The van der Waals surface area contributed by atoms with Crippen molar-refractivity contribution in [3.8, 4) is 0 Å². The molecule has 6 nitrogen and oxygen atoms in total. The maximum absolute atomic E-state index is 11.6. The Morgan fingerprint density at radius 3 is 2.85 bits per heavy atom. The van der Waals surface area contributed by atoms with E-state index in [1.807, 2.05) is 18.2 Å². The minimum Gasteiger partial charge on any atom is -0.384 e. The molecule has 20 heavy (non-hydrogen) atoms. The first-order valence-corrected chi connectivity index (χ1v) is 8.16. The molecule has 3 N–H and O–H groups in total. The highest BCUT2D eigenvalue weighted by molar-refractivity contribution is 7.87. The first-order chi connectivity index (χ1) is 9.62. The van der Waals surface area contributed by atoms with Gasteiger partial charge in [0.2, 0.25) is 0 Å². The van der Waals surface area contributed by atoms with Gasteiger partial charge in [-0.25, -0.2) is 4.72 Å². The molecule has 112 valence electrons. The van der Waals surface area contributed by atoms with Crippen molar-refractivity contribution in [3.05, 3.63) is 29.8 Å². The third-order valence-corrected chi connectivity index (χ3v) is 4.49. The van der Waals surface area contributed by atoms with Crippen molar-refractivity contribution in [1.82, 2.24) is 9.44 Å². The summed E-state index contributed by atoms with van der Waals surface area (Å²) in [7, 11) is -1.89. The Bertz CT molecular complexity index is 533. The van der Waals surface area contributed by atoms with Crippen molar-refractivity contribution in [2.45, 2.75) is 12.3 Å². The SMILES string of the molecule is COCCNS(=O)(=O)NCCC1CNc2ccccc21. The Kier molecular flexibility index (Phi) is 5.36. The van der Waals surface area contributed by atoms with Crippen LogP contribution in [-0.4, -0.2) is 41.8 Å². The number of rotatable bonds is 8. The first kappa shape index (κ1) is 15.2. The van der Waals surface area contributed by atoms with Crippen LogP contribution in [0.5, 0.6) is 0 Å². The summed E-state index contributed by atoms with van der Waals surface area (Å²) < 4.78 is 33.0. The molecule has 1 aromatic carbocycles. The fourth-order valence-electron chi connectivity index (χ4n) is 2.31. The van der Waals surface area contributed by atoms with Crippen LogP contribution in [-0.2, 0) is 14.9 Å². The van der Waals surface area contributed by atoms with Gasteiger partial charge in [0.15, 0.2) is 0 Å². The molecule has 0 fully saturated rings. The van der Waals surface area contributed by atoms with E-state index in [0.29, 0.717) is 19.1 Å². The van der Waals surface area contributed by atoms with E-state index in [1.165, 1.54) is 12.7 Å². The Morgan fingerprint density at radius 1 is 1.30 bits per heavy atom. The zero-order valence-corrected chi connectivity index (χ0v) is 12.4. The number of fused-ring (bicyclic) bond motifs is 1. The fourth-order valence-corrected chi connectivity index (χ4v) is 3.15. The molecule has 1 aromatic rings. The van der Waals surface area contributed by atoms with Crippen LogP contribution in [0.1, 0.15) is 17.9 Å². The van der Waals surface area contributed by atoms with Gasteiger partial charge in [-0.15, -0.1) is 0 Å². The van der Waals surface area contributed by atoms with E-state index >= 15 is 0 Å². The average molecular weight is 299 g/mol. The quantitative estimate of drug-likeness (QED) is 0.616.